The Kier molecular flexibility index (Phi) is 4.70. The predicted molar refractivity (Wildman–Crippen MR) is 78.5 cm³/mol. The van der Waals surface area contributed by atoms with Crippen LogP contribution in [0, 0.1) is 0 Å². The summed E-state index contributed by atoms with van der Waals surface area (Å²) in [5, 5.41) is 2.38. The number of hydrogen-bond acceptors (Lipinski definition) is 5. The first-order valence-electron chi connectivity index (χ1n) is 6.89. The number of aldehydes is 1. The molecule has 1 unspecified atom stereocenters. The van der Waals surface area contributed by atoms with Gasteiger partial charge in [0.25, 0.3) is 0 Å². The summed E-state index contributed by atoms with van der Waals surface area (Å²) in [5.74, 6) is -0.522. The van der Waals surface area contributed by atoms with Crippen molar-refractivity contribution in [3.8, 4) is 0 Å². The van der Waals surface area contributed by atoms with Gasteiger partial charge in [-0.1, -0.05) is 12.1 Å². The van der Waals surface area contributed by atoms with Gasteiger partial charge in [-0.2, -0.15) is 0 Å². The molecule has 0 spiro atoms. The predicted octanol–water partition coefficient (Wildman–Crippen LogP) is 0.708. The summed E-state index contributed by atoms with van der Waals surface area (Å²) < 4.78 is 0. The molecule has 0 radical (unpaired) electrons. The minimum atomic E-state index is -0.393. The molecule has 2 amide bonds. The Morgan fingerprint density at radius 3 is 2.90 bits per heavy atom. The fourth-order valence-corrected chi connectivity index (χ4v) is 2.57. The van der Waals surface area contributed by atoms with E-state index in [1.165, 1.54) is 0 Å². The van der Waals surface area contributed by atoms with Gasteiger partial charge in [0.2, 0.25) is 11.8 Å². The zero-order valence-corrected chi connectivity index (χ0v) is 12.0. The fraction of sp³-hybridized carbons (Fsp3) is 0.400. The molecule has 1 aliphatic heterocycles. The lowest BCUT2D eigenvalue weighted by atomic mass is 10.0. The lowest BCUT2D eigenvalue weighted by Gasteiger charge is -2.26. The molecule has 112 valence electrons. The van der Waals surface area contributed by atoms with E-state index in [0.717, 1.165) is 6.29 Å². The second-order valence-corrected chi connectivity index (χ2v) is 5.27. The minimum absolute atomic E-state index is 0.233. The molecule has 1 aromatic carbocycles. The van der Waals surface area contributed by atoms with Crippen molar-refractivity contribution in [3.63, 3.8) is 0 Å². The van der Waals surface area contributed by atoms with Crippen molar-refractivity contribution in [2.75, 3.05) is 12.8 Å². The maximum atomic E-state index is 12.0. The molecule has 6 nitrogen and oxygen atoms in total. The highest BCUT2D eigenvalue weighted by Crippen LogP contribution is 2.20. The fourth-order valence-electron chi connectivity index (χ4n) is 2.57. The molecule has 1 aliphatic rings. The molecule has 21 heavy (non-hydrogen) atoms. The molecule has 1 heterocycles. The van der Waals surface area contributed by atoms with Crippen molar-refractivity contribution < 1.29 is 14.4 Å². The van der Waals surface area contributed by atoms with E-state index in [0.29, 0.717) is 42.6 Å². The molecule has 0 aromatic heterocycles. The highest BCUT2D eigenvalue weighted by atomic mass is 16.2. The Morgan fingerprint density at radius 2 is 2.19 bits per heavy atom. The first-order valence-corrected chi connectivity index (χ1v) is 6.89. The number of nitrogens with zero attached hydrogens (tertiary/aromatic N) is 1. The van der Waals surface area contributed by atoms with E-state index >= 15 is 0 Å². The van der Waals surface area contributed by atoms with Crippen molar-refractivity contribution in [3.05, 3.63) is 29.3 Å². The smallest absolute Gasteiger partial charge is 0.243 e. The second-order valence-electron chi connectivity index (χ2n) is 5.27. The highest BCUT2D eigenvalue weighted by Gasteiger charge is 2.28. The molecule has 2 rings (SSSR count). The third-order valence-electron chi connectivity index (χ3n) is 3.76. The van der Waals surface area contributed by atoms with E-state index in [1.807, 2.05) is 4.90 Å². The summed E-state index contributed by atoms with van der Waals surface area (Å²) >= 11 is 0. The molecule has 0 aliphatic carbocycles. The molecule has 6 heteroatoms. The standard InChI is InChI=1S/C15H19N3O3/c1-18(13-6-3-7-14(20)17-15(13)21)8-11-10(9-19)4-2-5-12(11)16/h2,4-5,9,13H,3,6-8,16H2,1H3,(H,17,20,21). The van der Waals surface area contributed by atoms with Crippen LogP contribution >= 0.6 is 0 Å². The summed E-state index contributed by atoms with van der Waals surface area (Å²) in [4.78, 5) is 36.3. The van der Waals surface area contributed by atoms with Crippen molar-refractivity contribution in [2.45, 2.75) is 31.8 Å². The Hall–Kier alpha value is -2.21. The monoisotopic (exact) mass is 289 g/mol. The summed E-state index contributed by atoms with van der Waals surface area (Å²) in [6.45, 7) is 0.382. The molecular formula is C15H19N3O3. The van der Waals surface area contributed by atoms with Gasteiger partial charge in [-0.15, -0.1) is 0 Å². The number of imide groups is 1. The van der Waals surface area contributed by atoms with Gasteiger partial charge in [-0.25, -0.2) is 0 Å². The highest BCUT2D eigenvalue weighted by molar-refractivity contribution is 5.98. The maximum Gasteiger partial charge on any atom is 0.243 e. The van der Waals surface area contributed by atoms with Gasteiger partial charge in [0.1, 0.15) is 6.29 Å². The zero-order chi connectivity index (χ0) is 15.4. The van der Waals surface area contributed by atoms with E-state index in [1.54, 1.807) is 25.2 Å². The lowest BCUT2D eigenvalue weighted by Crippen LogP contribution is -2.45. The molecule has 1 aromatic rings. The van der Waals surface area contributed by atoms with Crippen LogP contribution in [0.4, 0.5) is 5.69 Å². The molecular weight excluding hydrogens is 270 g/mol. The van der Waals surface area contributed by atoms with Crippen LogP contribution in [0.1, 0.15) is 35.2 Å². The third-order valence-corrected chi connectivity index (χ3v) is 3.76. The largest absolute Gasteiger partial charge is 0.398 e. The van der Waals surface area contributed by atoms with Crippen LogP contribution in [0.2, 0.25) is 0 Å². The number of nitrogens with two attached hydrogens (primary N) is 1. The van der Waals surface area contributed by atoms with Crippen LogP contribution in [-0.2, 0) is 16.1 Å². The molecule has 0 saturated carbocycles. The lowest BCUT2D eigenvalue weighted by molar-refractivity contribution is -0.132. The Balaban J connectivity index is 2.17. The number of nitrogen functional groups attached to an aromatic ring is 1. The van der Waals surface area contributed by atoms with E-state index in [9.17, 15) is 14.4 Å². The van der Waals surface area contributed by atoms with Crippen LogP contribution in [-0.4, -0.2) is 36.1 Å². The quantitative estimate of drug-likeness (QED) is 0.484. The summed E-state index contributed by atoms with van der Waals surface area (Å²) in [6.07, 6.45) is 2.40. The number of rotatable bonds is 4. The number of amides is 2. The summed E-state index contributed by atoms with van der Waals surface area (Å²) in [6, 6.07) is 4.76. The summed E-state index contributed by atoms with van der Waals surface area (Å²) in [5.41, 5.74) is 7.67. The molecule has 1 fully saturated rings. The number of carbonyl (C=O) groups is 3. The average Bonchev–Trinajstić information content (AvgIpc) is 2.61. The number of benzene rings is 1. The van der Waals surface area contributed by atoms with Gasteiger partial charge in [0.15, 0.2) is 0 Å². The number of hydrogen-bond donors (Lipinski definition) is 2. The SMILES string of the molecule is CN(Cc1c(N)cccc1C=O)C1CCCC(=O)NC1=O. The normalized spacial score (nSPS) is 19.2. The molecule has 1 atom stereocenters. The first-order chi connectivity index (χ1) is 10.0. The van der Waals surface area contributed by atoms with Crippen molar-refractivity contribution in [1.29, 1.82) is 0 Å². The molecule has 1 saturated heterocycles. The van der Waals surface area contributed by atoms with E-state index < -0.39 is 6.04 Å². The maximum absolute atomic E-state index is 12.0. The van der Waals surface area contributed by atoms with Crippen molar-refractivity contribution in [1.82, 2.24) is 10.2 Å². The number of anilines is 1. The zero-order valence-electron chi connectivity index (χ0n) is 12.0. The topological polar surface area (TPSA) is 92.5 Å². The third kappa shape index (κ3) is 3.46. The van der Waals surface area contributed by atoms with Crippen LogP contribution in [0.25, 0.3) is 0 Å². The van der Waals surface area contributed by atoms with Gasteiger partial charge >= 0.3 is 0 Å². The van der Waals surface area contributed by atoms with Gasteiger partial charge in [-0.05, 0) is 31.5 Å². The van der Waals surface area contributed by atoms with E-state index in [4.69, 9.17) is 5.73 Å². The Labute approximate surface area is 123 Å². The Bertz CT molecular complexity index is 571. The summed E-state index contributed by atoms with van der Waals surface area (Å²) in [7, 11) is 1.79. The van der Waals surface area contributed by atoms with Crippen LogP contribution < -0.4 is 11.1 Å². The molecule has 0 bridgehead atoms. The van der Waals surface area contributed by atoms with Crippen LogP contribution in [0.3, 0.4) is 0 Å². The van der Waals surface area contributed by atoms with Crippen molar-refractivity contribution in [2.24, 2.45) is 0 Å². The number of nitrogens with one attached hydrogen (secondary N) is 1. The first kappa shape index (κ1) is 15.2. The average molecular weight is 289 g/mol. The van der Waals surface area contributed by atoms with Gasteiger partial charge in [0.05, 0.1) is 6.04 Å². The second kappa shape index (κ2) is 6.49. The van der Waals surface area contributed by atoms with Gasteiger partial charge < -0.3 is 5.73 Å². The number of likely N-dealkylation sites (N-methyl/N-ethyl adjacent to an activating group) is 1. The van der Waals surface area contributed by atoms with Gasteiger partial charge in [0, 0.05) is 24.2 Å². The van der Waals surface area contributed by atoms with E-state index in [-0.39, 0.29) is 11.8 Å². The molecule has 3 N–H and O–H groups in total. The van der Waals surface area contributed by atoms with Crippen LogP contribution in [0.15, 0.2) is 18.2 Å². The van der Waals surface area contributed by atoms with Gasteiger partial charge in [-0.3, -0.25) is 24.6 Å². The number of carbonyl (C=O) groups excluding carboxylic acids is 3. The Morgan fingerprint density at radius 1 is 1.43 bits per heavy atom. The van der Waals surface area contributed by atoms with Crippen LogP contribution in [0.5, 0.6) is 0 Å². The van der Waals surface area contributed by atoms with E-state index in [2.05, 4.69) is 5.32 Å². The van der Waals surface area contributed by atoms with Crippen molar-refractivity contribution >= 4 is 23.8 Å². The minimum Gasteiger partial charge on any atom is -0.398 e.